The van der Waals surface area contributed by atoms with Crippen LogP contribution in [0.5, 0.6) is 11.5 Å². The smallest absolute Gasteiger partial charge is 0.344 e. The number of nitrogens with one attached hydrogen (secondary N) is 2. The second-order valence-electron chi connectivity index (χ2n) is 5.55. The fourth-order valence-electron chi connectivity index (χ4n) is 1.79. The molecule has 142 valence electrons. The first-order valence-corrected chi connectivity index (χ1v) is 7.80. The van der Waals surface area contributed by atoms with Gasteiger partial charge in [-0.3, -0.25) is 14.9 Å². The van der Waals surface area contributed by atoms with Gasteiger partial charge in [-0.05, 0) is 39.0 Å². The predicted octanol–water partition coefficient (Wildman–Crippen LogP) is 1.05. The lowest BCUT2D eigenvalue weighted by Crippen LogP contribution is -2.44. The third kappa shape index (κ3) is 7.20. The Balaban J connectivity index is 2.46. The number of hydrogen-bond donors (Lipinski definition) is 2. The number of urea groups is 1. The van der Waals surface area contributed by atoms with E-state index in [2.05, 4.69) is 5.32 Å². The van der Waals surface area contributed by atoms with Crippen molar-refractivity contribution in [3.8, 4) is 11.5 Å². The third-order valence-electron chi connectivity index (χ3n) is 2.95. The molecule has 0 radical (unpaired) electrons. The fraction of sp³-hybridized carbons (Fsp3) is 0.412. The van der Waals surface area contributed by atoms with Crippen LogP contribution in [0.25, 0.3) is 0 Å². The van der Waals surface area contributed by atoms with E-state index in [1.54, 1.807) is 13.8 Å². The highest BCUT2D eigenvalue weighted by Gasteiger charge is 2.14. The van der Waals surface area contributed by atoms with E-state index in [-0.39, 0.29) is 23.3 Å². The first-order chi connectivity index (χ1) is 12.2. The minimum absolute atomic E-state index is 0.136. The molecule has 0 aliphatic rings. The Bertz CT molecular complexity index is 686. The Morgan fingerprint density at radius 3 is 2.35 bits per heavy atom. The zero-order chi connectivity index (χ0) is 19.7. The number of carbonyl (C=O) groups is 4. The number of amides is 3. The highest BCUT2D eigenvalue weighted by molar-refractivity contribution is 5.96. The quantitative estimate of drug-likeness (QED) is 0.521. The Kier molecular flexibility index (Phi) is 8.07. The summed E-state index contributed by atoms with van der Waals surface area (Å²) < 4.78 is 15.1. The highest BCUT2D eigenvalue weighted by Crippen LogP contribution is 2.28. The van der Waals surface area contributed by atoms with E-state index in [9.17, 15) is 19.2 Å². The van der Waals surface area contributed by atoms with E-state index in [0.717, 1.165) is 0 Å². The van der Waals surface area contributed by atoms with Crippen LogP contribution in [0.3, 0.4) is 0 Å². The molecule has 0 saturated heterocycles. The molecule has 1 rings (SSSR count). The molecular formula is C17H22N2O7. The normalized spacial score (nSPS) is 10.0. The molecule has 1 aromatic carbocycles. The van der Waals surface area contributed by atoms with Crippen molar-refractivity contribution in [2.24, 2.45) is 0 Å². The lowest BCUT2D eigenvalue weighted by molar-refractivity contribution is -0.150. The second-order valence-corrected chi connectivity index (χ2v) is 5.55. The number of hydrogen-bond acceptors (Lipinski definition) is 7. The van der Waals surface area contributed by atoms with Crippen LogP contribution in [0.4, 0.5) is 4.79 Å². The van der Waals surface area contributed by atoms with Gasteiger partial charge in [0, 0.05) is 11.6 Å². The van der Waals surface area contributed by atoms with Crippen LogP contribution in [0.2, 0.25) is 0 Å². The van der Waals surface area contributed by atoms with Crippen LogP contribution in [-0.4, -0.2) is 50.1 Å². The molecule has 0 heterocycles. The second kappa shape index (κ2) is 10.0. The van der Waals surface area contributed by atoms with Crippen molar-refractivity contribution in [2.75, 3.05) is 20.3 Å². The number of benzene rings is 1. The zero-order valence-corrected chi connectivity index (χ0v) is 15.1. The molecule has 0 bridgehead atoms. The SMILES string of the molecule is COc1cc(C(C)=O)ccc1OCC(=O)OCC(=O)NC(=O)NC(C)C. The molecule has 3 amide bonds. The van der Waals surface area contributed by atoms with Crippen molar-refractivity contribution >= 4 is 23.7 Å². The zero-order valence-electron chi connectivity index (χ0n) is 15.1. The summed E-state index contributed by atoms with van der Waals surface area (Å²) in [5, 5.41) is 4.48. The summed E-state index contributed by atoms with van der Waals surface area (Å²) in [5.41, 5.74) is 0.438. The van der Waals surface area contributed by atoms with Gasteiger partial charge in [-0.15, -0.1) is 0 Å². The van der Waals surface area contributed by atoms with Crippen molar-refractivity contribution in [3.05, 3.63) is 23.8 Å². The average Bonchev–Trinajstić information content (AvgIpc) is 2.56. The first kappa shape index (κ1) is 20.9. The van der Waals surface area contributed by atoms with Gasteiger partial charge in [0.2, 0.25) is 0 Å². The number of esters is 1. The summed E-state index contributed by atoms with van der Waals surface area (Å²) in [6.07, 6.45) is 0. The lowest BCUT2D eigenvalue weighted by atomic mass is 10.1. The van der Waals surface area contributed by atoms with E-state index in [1.165, 1.54) is 32.2 Å². The highest BCUT2D eigenvalue weighted by atomic mass is 16.6. The van der Waals surface area contributed by atoms with Crippen LogP contribution < -0.4 is 20.1 Å². The van der Waals surface area contributed by atoms with E-state index < -0.39 is 31.1 Å². The molecule has 9 heteroatoms. The maximum atomic E-state index is 11.6. The Morgan fingerprint density at radius 1 is 1.08 bits per heavy atom. The monoisotopic (exact) mass is 366 g/mol. The Labute approximate surface area is 151 Å². The number of imide groups is 1. The number of carbonyl (C=O) groups excluding carboxylic acids is 4. The van der Waals surface area contributed by atoms with Crippen LogP contribution in [0, 0.1) is 0 Å². The van der Waals surface area contributed by atoms with Crippen molar-refractivity contribution in [1.82, 2.24) is 10.6 Å². The van der Waals surface area contributed by atoms with Crippen LogP contribution in [0.15, 0.2) is 18.2 Å². The Hall–Kier alpha value is -3.10. The molecule has 2 N–H and O–H groups in total. The van der Waals surface area contributed by atoms with E-state index >= 15 is 0 Å². The molecule has 0 aliphatic heterocycles. The van der Waals surface area contributed by atoms with Gasteiger partial charge in [-0.1, -0.05) is 0 Å². The van der Waals surface area contributed by atoms with Crippen LogP contribution in [-0.2, 0) is 14.3 Å². The fourth-order valence-corrected chi connectivity index (χ4v) is 1.79. The van der Waals surface area contributed by atoms with Gasteiger partial charge in [0.05, 0.1) is 7.11 Å². The summed E-state index contributed by atoms with van der Waals surface area (Å²) in [6.45, 7) is 3.80. The van der Waals surface area contributed by atoms with Crippen molar-refractivity contribution < 1.29 is 33.4 Å². The van der Waals surface area contributed by atoms with Gasteiger partial charge in [-0.25, -0.2) is 9.59 Å². The maximum absolute atomic E-state index is 11.6. The first-order valence-electron chi connectivity index (χ1n) is 7.80. The summed E-state index contributed by atoms with van der Waals surface area (Å²) in [7, 11) is 1.40. The molecule has 0 saturated carbocycles. The lowest BCUT2D eigenvalue weighted by Gasteiger charge is -2.12. The van der Waals surface area contributed by atoms with E-state index in [0.29, 0.717) is 5.56 Å². The third-order valence-corrected chi connectivity index (χ3v) is 2.95. The summed E-state index contributed by atoms with van der Waals surface area (Å²) in [4.78, 5) is 45.8. The molecule has 0 atom stereocenters. The van der Waals surface area contributed by atoms with Crippen LogP contribution >= 0.6 is 0 Å². The van der Waals surface area contributed by atoms with Gasteiger partial charge in [0.1, 0.15) is 0 Å². The van der Waals surface area contributed by atoms with E-state index in [4.69, 9.17) is 14.2 Å². The van der Waals surface area contributed by atoms with Crippen molar-refractivity contribution in [3.63, 3.8) is 0 Å². The minimum atomic E-state index is -0.804. The van der Waals surface area contributed by atoms with Gasteiger partial charge in [0.25, 0.3) is 5.91 Å². The van der Waals surface area contributed by atoms with Crippen molar-refractivity contribution in [1.29, 1.82) is 0 Å². The molecule has 0 aliphatic carbocycles. The molecule has 9 nitrogen and oxygen atoms in total. The van der Waals surface area contributed by atoms with E-state index in [1.807, 2.05) is 5.32 Å². The number of rotatable bonds is 8. The largest absolute Gasteiger partial charge is 0.493 e. The Morgan fingerprint density at radius 2 is 1.77 bits per heavy atom. The summed E-state index contributed by atoms with van der Waals surface area (Å²) in [5.74, 6) is -1.17. The number of methoxy groups -OCH3 is 1. The summed E-state index contributed by atoms with van der Waals surface area (Å²) in [6, 6.07) is 3.71. The van der Waals surface area contributed by atoms with Gasteiger partial charge in [0.15, 0.2) is 30.5 Å². The maximum Gasteiger partial charge on any atom is 0.344 e. The topological polar surface area (TPSA) is 120 Å². The van der Waals surface area contributed by atoms with Gasteiger partial charge >= 0.3 is 12.0 Å². The average molecular weight is 366 g/mol. The predicted molar refractivity (Wildman–Crippen MR) is 91.3 cm³/mol. The summed E-state index contributed by atoms with van der Waals surface area (Å²) >= 11 is 0. The standard InChI is InChI=1S/C17H22N2O7/c1-10(2)18-17(23)19-15(21)8-26-16(22)9-25-13-6-5-12(11(3)20)7-14(13)24-4/h5-7,10H,8-9H2,1-4H3,(H2,18,19,21,23). The number of ether oxygens (including phenoxy) is 3. The molecule has 0 fully saturated rings. The molecule has 1 aromatic rings. The number of Topliss-reactive ketones (excluding diaryl/α,β-unsaturated/α-hetero) is 1. The molecule has 0 spiro atoms. The molecule has 26 heavy (non-hydrogen) atoms. The molecule has 0 aromatic heterocycles. The molecule has 0 unspecified atom stereocenters. The minimum Gasteiger partial charge on any atom is -0.493 e. The van der Waals surface area contributed by atoms with Gasteiger partial charge in [-0.2, -0.15) is 0 Å². The van der Waals surface area contributed by atoms with Gasteiger partial charge < -0.3 is 19.5 Å². The molecular weight excluding hydrogens is 344 g/mol. The number of ketones is 1. The van der Waals surface area contributed by atoms with Crippen molar-refractivity contribution in [2.45, 2.75) is 26.8 Å². The van der Waals surface area contributed by atoms with Crippen LogP contribution in [0.1, 0.15) is 31.1 Å².